The lowest BCUT2D eigenvalue weighted by Gasteiger charge is -2.53. The highest BCUT2D eigenvalue weighted by molar-refractivity contribution is 7.99. The second-order valence-electron chi connectivity index (χ2n) is 23.8. The third-order valence-electron chi connectivity index (χ3n) is 16.4. The van der Waals surface area contributed by atoms with Crippen LogP contribution in [0.1, 0.15) is 97.9 Å². The van der Waals surface area contributed by atoms with Crippen LogP contribution in [0.2, 0.25) is 0 Å². The first-order valence-corrected chi connectivity index (χ1v) is 33.3. The molecule has 0 spiro atoms. The van der Waals surface area contributed by atoms with Gasteiger partial charge in [0.2, 0.25) is 5.91 Å². The molecule has 0 radical (unpaired) electrons. The van der Waals surface area contributed by atoms with Crippen LogP contribution >= 0.6 is 11.8 Å². The number of carbonyl (C=O) groups is 9. The second kappa shape index (κ2) is 35.5. The fourth-order valence-electron chi connectivity index (χ4n) is 12.4. The lowest BCUT2D eigenvalue weighted by Crippen LogP contribution is -2.72. The van der Waals surface area contributed by atoms with E-state index in [2.05, 4.69) is 5.32 Å². The molecular weight excluding hydrogens is 1310 g/mol. The number of hydrogen-bond acceptors (Lipinski definition) is 25. The van der Waals surface area contributed by atoms with E-state index < -0.39 is 170 Å². The van der Waals surface area contributed by atoms with Crippen molar-refractivity contribution in [2.24, 2.45) is 0 Å². The Morgan fingerprint density at radius 2 is 1.07 bits per heavy atom. The third kappa shape index (κ3) is 19.5. The summed E-state index contributed by atoms with van der Waals surface area (Å²) >= 11 is 1.31. The number of nitrogens with zero attached hydrogens (tertiary/aromatic N) is 1. The molecule has 16 atom stereocenters. The summed E-state index contributed by atoms with van der Waals surface area (Å²) in [6.45, 7) is 6.40. The first-order chi connectivity index (χ1) is 47.7. The summed E-state index contributed by atoms with van der Waals surface area (Å²) < 4.78 is 97.8. The Morgan fingerprint density at radius 1 is 0.576 bits per heavy atom. The molecule has 0 aromatic heterocycles. The Bertz CT molecular complexity index is 3520. The van der Waals surface area contributed by atoms with Crippen LogP contribution in [0.3, 0.4) is 0 Å². The molecule has 5 aromatic rings. The van der Waals surface area contributed by atoms with Gasteiger partial charge in [0.15, 0.2) is 24.6 Å². The smallest absolute Gasteiger partial charge is 0.366 e. The van der Waals surface area contributed by atoms with E-state index in [4.69, 9.17) is 71.1 Å². The van der Waals surface area contributed by atoms with Gasteiger partial charge in [-0.1, -0.05) is 140 Å². The normalized spacial score (nSPS) is 26.4. The topological polar surface area (TPSA) is 307 Å². The van der Waals surface area contributed by atoms with Crippen molar-refractivity contribution < 1.29 is 114 Å². The molecule has 5 aromatic carbocycles. The van der Waals surface area contributed by atoms with Gasteiger partial charge in [0.05, 0.1) is 70.3 Å². The zero-order valence-electron chi connectivity index (χ0n) is 56.0. The van der Waals surface area contributed by atoms with Crippen molar-refractivity contribution in [3.05, 3.63) is 179 Å². The van der Waals surface area contributed by atoms with Crippen LogP contribution in [0, 0.1) is 0 Å². The molecule has 0 aliphatic carbocycles. The van der Waals surface area contributed by atoms with E-state index in [9.17, 15) is 28.8 Å². The molecule has 3 saturated heterocycles. The molecule has 530 valence electrons. The molecule has 1 N–H and O–H groups in total. The maximum absolute atomic E-state index is 15.5. The summed E-state index contributed by atoms with van der Waals surface area (Å²) in [6.07, 6.45) is -21.1. The number of imide groups is 1. The van der Waals surface area contributed by atoms with Crippen LogP contribution in [0.25, 0.3) is 0 Å². The molecule has 0 unspecified atom stereocenters. The summed E-state index contributed by atoms with van der Waals surface area (Å²) in [5.41, 5.74) is 2.07. The molecule has 3 amide bonds. The number of hydrogen-bond donors (Lipinski definition) is 1. The van der Waals surface area contributed by atoms with Gasteiger partial charge in [-0.05, 0) is 40.1 Å². The van der Waals surface area contributed by atoms with Gasteiger partial charge >= 0.3 is 35.8 Å². The lowest BCUT2D eigenvalue weighted by atomic mass is 9.87. The van der Waals surface area contributed by atoms with Gasteiger partial charge in [-0.15, -0.1) is 11.8 Å². The van der Waals surface area contributed by atoms with Crippen molar-refractivity contribution in [2.45, 2.75) is 178 Å². The van der Waals surface area contributed by atoms with E-state index in [-0.39, 0.29) is 44.2 Å². The maximum atomic E-state index is 15.5. The predicted molar refractivity (Wildman–Crippen MR) is 349 cm³/mol. The Labute approximate surface area is 577 Å². The number of carbonyl (C=O) groups excluding carboxylic acids is 9. The zero-order valence-corrected chi connectivity index (χ0v) is 56.9. The Balaban J connectivity index is 1.26. The number of thioether (sulfide) groups is 1. The second-order valence-corrected chi connectivity index (χ2v) is 25.1. The van der Waals surface area contributed by atoms with Crippen LogP contribution in [0.5, 0.6) is 0 Å². The van der Waals surface area contributed by atoms with E-state index in [1.165, 1.54) is 11.8 Å². The van der Waals surface area contributed by atoms with Crippen molar-refractivity contribution in [2.75, 3.05) is 32.7 Å². The van der Waals surface area contributed by atoms with E-state index in [1.54, 1.807) is 66.7 Å². The molecule has 3 fully saturated rings. The highest BCUT2D eigenvalue weighted by Gasteiger charge is 2.64. The number of esters is 6. The first kappa shape index (κ1) is 74.7. The molecule has 4 aliphatic rings. The van der Waals surface area contributed by atoms with Gasteiger partial charge in [0, 0.05) is 41.5 Å². The van der Waals surface area contributed by atoms with Crippen molar-refractivity contribution in [1.29, 1.82) is 0 Å². The van der Waals surface area contributed by atoms with Crippen molar-refractivity contribution in [1.82, 2.24) is 10.2 Å². The van der Waals surface area contributed by atoms with Crippen LogP contribution in [-0.2, 0) is 131 Å². The minimum atomic E-state index is -2.99. The molecule has 26 nitrogen and oxygen atoms in total. The molecule has 99 heavy (non-hydrogen) atoms. The highest BCUT2D eigenvalue weighted by Crippen LogP contribution is 2.44. The molecule has 4 heterocycles. The standard InChI is InChI=1S/C72H82N2O24S/c1-9-99-70-59(74-67(81)52-32-22-23-33-53(52)68(74)82)64(88-37-50-28-18-12-19-29-50)61(56(95-70)40-86-36-49-26-16-11-17-27-49)96-69-66(89-38-51-30-20-13-21-31-51)65(62(93-47(7)80)55(94-69)39-85-35-48-24-14-10-15-25-48)98-72(71(83)84-8)34-54(90-44(4)77)58(73-42(2)75)63(97-72)60(92-46(6)79)57(91-45(5)78)41-87-43(3)76/h10-33,54-66,69-70H,9,34-41H2,1-8H3,(H,73,75)/t54-,55+,56+,57+,58+,59+,60+,61+,62-,63+,64+,65-,66+,69-,70-,72-/m0/s1. The molecule has 27 heteroatoms. The number of amides is 3. The average Bonchev–Trinajstić information content (AvgIpc) is 1.73. The number of ether oxygens (including phenoxy) is 15. The third-order valence-corrected chi connectivity index (χ3v) is 17.5. The monoisotopic (exact) mass is 1390 g/mol. The molecule has 0 saturated carbocycles. The average molecular weight is 1390 g/mol. The summed E-state index contributed by atoms with van der Waals surface area (Å²) in [6, 6.07) is 39.9. The Morgan fingerprint density at radius 3 is 1.55 bits per heavy atom. The fraction of sp³-hybridized carbons (Fsp3) is 0.458. The van der Waals surface area contributed by atoms with Gasteiger partial charge in [0.25, 0.3) is 17.6 Å². The van der Waals surface area contributed by atoms with E-state index in [0.29, 0.717) is 16.9 Å². The Kier molecular flexibility index (Phi) is 26.8. The van der Waals surface area contributed by atoms with Gasteiger partial charge in [-0.25, -0.2) is 4.79 Å². The largest absolute Gasteiger partial charge is 0.465 e. The number of benzene rings is 5. The van der Waals surface area contributed by atoms with Crippen molar-refractivity contribution in [3.63, 3.8) is 0 Å². The van der Waals surface area contributed by atoms with Gasteiger partial charge in [-0.2, -0.15) is 0 Å². The summed E-state index contributed by atoms with van der Waals surface area (Å²) in [5, 5.41) is 2.67. The van der Waals surface area contributed by atoms with Crippen LogP contribution in [0.15, 0.2) is 146 Å². The molecule has 4 aliphatic heterocycles. The summed E-state index contributed by atoms with van der Waals surface area (Å²) in [7, 11) is 0.981. The quantitative estimate of drug-likeness (QED) is 0.0275. The molecular formula is C72H82N2O24S. The molecule has 9 rings (SSSR count). The number of rotatable bonds is 31. The molecule has 0 bridgehead atoms. The van der Waals surface area contributed by atoms with Crippen LogP contribution < -0.4 is 5.32 Å². The number of methoxy groups -OCH3 is 1. The van der Waals surface area contributed by atoms with Gasteiger partial charge in [0.1, 0.15) is 66.9 Å². The first-order valence-electron chi connectivity index (χ1n) is 32.3. The Hall–Kier alpha value is -8.48. The summed E-state index contributed by atoms with van der Waals surface area (Å²) in [4.78, 5) is 126. The van der Waals surface area contributed by atoms with Gasteiger partial charge in [-0.3, -0.25) is 43.3 Å². The van der Waals surface area contributed by atoms with E-state index in [0.717, 1.165) is 64.7 Å². The predicted octanol–water partition coefficient (Wildman–Crippen LogP) is 6.68. The number of nitrogens with one attached hydrogen (secondary N) is 1. The van der Waals surface area contributed by atoms with E-state index >= 15 is 14.4 Å². The number of fused-ring (bicyclic) bond motifs is 1. The van der Waals surface area contributed by atoms with Crippen LogP contribution in [-0.4, -0.2) is 188 Å². The van der Waals surface area contributed by atoms with Gasteiger partial charge < -0.3 is 76.4 Å². The maximum Gasteiger partial charge on any atom is 0.366 e. The zero-order chi connectivity index (χ0) is 70.8. The van der Waals surface area contributed by atoms with E-state index in [1.807, 2.05) is 85.8 Å². The lowest BCUT2D eigenvalue weighted by molar-refractivity contribution is -0.386. The van der Waals surface area contributed by atoms with Crippen LogP contribution in [0.4, 0.5) is 0 Å². The highest BCUT2D eigenvalue weighted by atomic mass is 32.2. The fourth-order valence-corrected chi connectivity index (χ4v) is 13.4. The van der Waals surface area contributed by atoms with Crippen molar-refractivity contribution >= 4 is 65.3 Å². The minimum absolute atomic E-state index is 0.0382. The summed E-state index contributed by atoms with van der Waals surface area (Å²) in [5.74, 6) is -10.7. The SMILES string of the molecule is CCS[C@@H]1O[C@H](COCc2ccccc2)[C@@H](O[C@@H]2O[C@H](COCc3ccccc3)[C@H](OC(C)=O)[C@H](O[C@]3(C(=O)OC)C[C@H](OC(C)=O)[C@@H](NC(C)=O)[C@H]([C@H](OC(C)=O)[C@@H](COC(C)=O)OC(C)=O)O3)[C@H]2OCc2ccccc2)[C@H](OCc2ccccc2)[C@H]1N1C(=O)c2ccccc2C1=O. The van der Waals surface area contributed by atoms with Crippen molar-refractivity contribution in [3.8, 4) is 0 Å². The minimum Gasteiger partial charge on any atom is -0.465 e.